The minimum absolute atomic E-state index is 0.224. The van der Waals surface area contributed by atoms with Gasteiger partial charge in [-0.3, -0.25) is 0 Å². The van der Waals surface area contributed by atoms with Gasteiger partial charge in [-0.15, -0.1) is 0 Å². The zero-order chi connectivity index (χ0) is 19.1. The first-order valence-electron chi connectivity index (χ1n) is 9.07. The van der Waals surface area contributed by atoms with E-state index in [9.17, 15) is 0 Å². The number of hydrogen-bond donors (Lipinski definition) is 0. The zero-order valence-electron chi connectivity index (χ0n) is 15.7. The summed E-state index contributed by atoms with van der Waals surface area (Å²) >= 11 is 3.99. The predicted molar refractivity (Wildman–Crippen MR) is 114 cm³/mol. The maximum atomic E-state index is 6.25. The molecule has 27 heavy (non-hydrogen) atoms. The molecule has 0 bridgehead atoms. The molecule has 3 nitrogen and oxygen atoms in total. The van der Waals surface area contributed by atoms with Crippen molar-refractivity contribution in [3.05, 3.63) is 78.1 Å². The number of hydrogen-bond acceptors (Lipinski definition) is 3. The fraction of sp³-hybridized carbons (Fsp3) is 0.333. The summed E-state index contributed by atoms with van der Waals surface area (Å²) in [6.07, 6.45) is 7.75. The van der Waals surface area contributed by atoms with E-state index in [1.807, 2.05) is 18.2 Å². The molecule has 1 atom stereocenters. The van der Waals surface area contributed by atoms with Gasteiger partial charge in [0.2, 0.25) is 0 Å². The van der Waals surface area contributed by atoms with Crippen molar-refractivity contribution in [3.63, 3.8) is 0 Å². The first-order valence-corrected chi connectivity index (χ1v) is 16.7. The van der Waals surface area contributed by atoms with Crippen molar-refractivity contribution in [1.29, 1.82) is 0 Å². The van der Waals surface area contributed by atoms with Gasteiger partial charge < -0.3 is 0 Å². The van der Waals surface area contributed by atoms with E-state index in [-0.39, 0.29) is 5.00 Å². The molecule has 6 heteroatoms. The van der Waals surface area contributed by atoms with Crippen LogP contribution in [0.3, 0.4) is 0 Å². The Labute approximate surface area is 174 Å². The molecular formula is C21H25O3PSe2. The molecule has 0 saturated carbocycles. The van der Waals surface area contributed by atoms with Crippen LogP contribution < -0.4 is 4.74 Å². The molecule has 0 N–H and O–H groups in total. The van der Waals surface area contributed by atoms with Gasteiger partial charge in [-0.05, 0) is 0 Å². The molecule has 0 fully saturated rings. The quantitative estimate of drug-likeness (QED) is 0.279. The van der Waals surface area contributed by atoms with E-state index in [0.717, 1.165) is 42.4 Å². The van der Waals surface area contributed by atoms with E-state index in [0.29, 0.717) is 14.5 Å². The summed E-state index contributed by atoms with van der Waals surface area (Å²) in [5, 5.41) is 0.224. The van der Waals surface area contributed by atoms with Crippen molar-refractivity contribution in [2.75, 3.05) is 12.3 Å². The standard InChI is InChI=1S/C21H25O3PSe2/c1-17-6-3-7-21(16-17)24-18(2)27-25(26,14-10-19-8-4-12-22-19)15-11-20-9-5-13-23-20/h3-9,12-13,16,18H,10-11,14-15H2,1-2H3. The van der Waals surface area contributed by atoms with E-state index >= 15 is 0 Å². The van der Waals surface area contributed by atoms with Crippen LogP contribution in [0.5, 0.6) is 5.75 Å². The summed E-state index contributed by atoms with van der Waals surface area (Å²) in [5.41, 5.74) is 1.23. The average Bonchev–Trinajstić information content (AvgIpc) is 3.32. The molecule has 1 aromatic carbocycles. The number of ether oxygens (including phenoxy) is 1. The van der Waals surface area contributed by atoms with Gasteiger partial charge in [0, 0.05) is 0 Å². The Kier molecular flexibility index (Phi) is 7.70. The molecule has 1 unspecified atom stereocenters. The molecule has 3 rings (SSSR count). The van der Waals surface area contributed by atoms with Crippen LogP contribution in [0.15, 0.2) is 69.9 Å². The molecule has 0 amide bonds. The van der Waals surface area contributed by atoms with E-state index in [1.54, 1.807) is 12.5 Å². The third kappa shape index (κ3) is 6.86. The van der Waals surface area contributed by atoms with Crippen molar-refractivity contribution in [2.45, 2.75) is 31.7 Å². The third-order valence-electron chi connectivity index (χ3n) is 4.19. The van der Waals surface area contributed by atoms with Crippen LogP contribution in [0.4, 0.5) is 0 Å². The van der Waals surface area contributed by atoms with Crippen LogP contribution >= 0.6 is 4.20 Å². The van der Waals surface area contributed by atoms with Crippen LogP contribution in [0.2, 0.25) is 0 Å². The minimum atomic E-state index is -1.26. The van der Waals surface area contributed by atoms with Gasteiger partial charge in [0.25, 0.3) is 0 Å². The van der Waals surface area contributed by atoms with Crippen LogP contribution in [0.1, 0.15) is 24.0 Å². The Morgan fingerprint density at radius 2 is 1.63 bits per heavy atom. The molecule has 0 saturated heterocycles. The second-order valence-electron chi connectivity index (χ2n) is 6.53. The fourth-order valence-electron chi connectivity index (χ4n) is 2.86. The second-order valence-corrected chi connectivity index (χ2v) is 24.3. The van der Waals surface area contributed by atoms with Crippen molar-refractivity contribution >= 4 is 33.8 Å². The number of rotatable bonds is 10. The average molecular weight is 514 g/mol. The Bertz CT molecular complexity index is 817. The summed E-state index contributed by atoms with van der Waals surface area (Å²) in [4.78, 5) is 0. The zero-order valence-corrected chi connectivity index (χ0v) is 20.0. The van der Waals surface area contributed by atoms with Gasteiger partial charge >= 0.3 is 175 Å². The SMILES string of the molecule is Cc1cccc(OC(C)[Se]P(=[Se])(CCc2ccco2)CCc2ccco2)c1. The molecule has 0 spiro atoms. The van der Waals surface area contributed by atoms with Crippen LogP contribution in [0, 0.1) is 6.92 Å². The summed E-state index contributed by atoms with van der Waals surface area (Å²) in [6, 6.07) is 16.4. The Morgan fingerprint density at radius 1 is 1.00 bits per heavy atom. The van der Waals surface area contributed by atoms with Crippen LogP contribution in [0.25, 0.3) is 0 Å². The Hall–Kier alpha value is -0.951. The topological polar surface area (TPSA) is 35.5 Å². The van der Waals surface area contributed by atoms with Crippen molar-refractivity contribution < 1.29 is 13.6 Å². The normalized spacial score (nSPS) is 12.8. The molecule has 2 aromatic heterocycles. The van der Waals surface area contributed by atoms with Gasteiger partial charge in [0.05, 0.1) is 0 Å². The van der Waals surface area contributed by atoms with Gasteiger partial charge in [-0.2, -0.15) is 0 Å². The molecule has 0 aliphatic carbocycles. The van der Waals surface area contributed by atoms with Crippen molar-refractivity contribution in [2.24, 2.45) is 0 Å². The molecule has 0 radical (unpaired) electrons. The van der Waals surface area contributed by atoms with E-state index < -0.39 is 4.20 Å². The molecular weight excluding hydrogens is 489 g/mol. The molecule has 3 aromatic rings. The molecule has 0 aliphatic rings. The monoisotopic (exact) mass is 516 g/mol. The molecule has 0 aliphatic heterocycles. The van der Waals surface area contributed by atoms with Crippen molar-refractivity contribution in [3.8, 4) is 5.75 Å². The first kappa shape index (κ1) is 20.8. The summed E-state index contributed by atoms with van der Waals surface area (Å²) in [5.74, 6) is 3.10. The number of furan rings is 2. The molecule has 2 heterocycles. The first-order chi connectivity index (χ1) is 13.0. The predicted octanol–water partition coefficient (Wildman–Crippen LogP) is 5.11. The number of benzene rings is 1. The summed E-state index contributed by atoms with van der Waals surface area (Å²) in [6.45, 7) is 4.30. The van der Waals surface area contributed by atoms with E-state index in [2.05, 4.69) is 59.3 Å². The Balaban J connectivity index is 1.64. The fourth-order valence-corrected chi connectivity index (χ4v) is 16.5. The van der Waals surface area contributed by atoms with Gasteiger partial charge in [0.15, 0.2) is 0 Å². The summed E-state index contributed by atoms with van der Waals surface area (Å²) < 4.78 is 16.1. The van der Waals surface area contributed by atoms with Gasteiger partial charge in [-0.25, -0.2) is 0 Å². The second kappa shape index (κ2) is 10.0. The third-order valence-corrected chi connectivity index (χ3v) is 18.6. The van der Waals surface area contributed by atoms with Crippen LogP contribution in [-0.2, 0) is 12.8 Å². The van der Waals surface area contributed by atoms with Crippen LogP contribution in [-0.4, -0.2) is 46.9 Å². The van der Waals surface area contributed by atoms with E-state index in [1.165, 1.54) is 5.56 Å². The summed E-state index contributed by atoms with van der Waals surface area (Å²) in [7, 11) is 0. The Morgan fingerprint density at radius 3 is 2.15 bits per heavy atom. The number of aryl methyl sites for hydroxylation is 3. The van der Waals surface area contributed by atoms with Crippen molar-refractivity contribution in [1.82, 2.24) is 0 Å². The van der Waals surface area contributed by atoms with Gasteiger partial charge in [0.1, 0.15) is 0 Å². The maximum absolute atomic E-state index is 6.25. The molecule has 144 valence electrons. The van der Waals surface area contributed by atoms with E-state index in [4.69, 9.17) is 13.6 Å². The van der Waals surface area contributed by atoms with Gasteiger partial charge in [-0.1, -0.05) is 0 Å².